The van der Waals surface area contributed by atoms with Gasteiger partial charge in [0, 0.05) is 16.5 Å². The van der Waals surface area contributed by atoms with Crippen LogP contribution in [0.4, 0.5) is 0 Å². The lowest BCUT2D eigenvalue weighted by molar-refractivity contribution is -0.309. The number of carboxylic acid groups (broad SMARTS) is 1. The van der Waals surface area contributed by atoms with Gasteiger partial charge in [0.2, 0.25) is 5.91 Å². The molecule has 9 heteroatoms. The van der Waals surface area contributed by atoms with Crippen molar-refractivity contribution in [2.75, 3.05) is 13.2 Å². The first-order chi connectivity index (χ1) is 15.2. The Morgan fingerprint density at radius 1 is 1.12 bits per heavy atom. The van der Waals surface area contributed by atoms with Crippen molar-refractivity contribution in [2.24, 2.45) is 5.92 Å². The Morgan fingerprint density at radius 3 is 2.47 bits per heavy atom. The predicted molar refractivity (Wildman–Crippen MR) is 114 cm³/mol. The third-order valence-corrected chi connectivity index (χ3v) is 5.63. The number of carbonyl (C=O) groups excluding carboxylic acids is 3. The van der Waals surface area contributed by atoms with Crippen molar-refractivity contribution >= 4 is 28.8 Å². The molecule has 0 spiro atoms. The fraction of sp³-hybridized carbons (Fsp3) is 0.478. The molecule has 1 aromatic carbocycles. The second kappa shape index (κ2) is 9.84. The van der Waals surface area contributed by atoms with Crippen LogP contribution in [-0.2, 0) is 27.2 Å². The maximum absolute atomic E-state index is 12.4. The second-order valence-corrected chi connectivity index (χ2v) is 8.29. The number of amides is 2. The van der Waals surface area contributed by atoms with Gasteiger partial charge in [-0.1, -0.05) is 13.8 Å². The van der Waals surface area contributed by atoms with Gasteiger partial charge in [0.25, 0.3) is 5.91 Å². The fourth-order valence-corrected chi connectivity index (χ4v) is 3.88. The summed E-state index contributed by atoms with van der Waals surface area (Å²) in [7, 11) is 0. The van der Waals surface area contributed by atoms with Crippen LogP contribution < -0.4 is 26.1 Å². The summed E-state index contributed by atoms with van der Waals surface area (Å²) in [6, 6.07) is 2.43. The average molecular weight is 443 g/mol. The second-order valence-electron chi connectivity index (χ2n) is 8.29. The van der Waals surface area contributed by atoms with Crippen LogP contribution in [0.3, 0.4) is 0 Å². The summed E-state index contributed by atoms with van der Waals surface area (Å²) in [6.07, 6.45) is 3.55. The number of ether oxygens (including phenoxy) is 1. The molecule has 1 aliphatic rings. The first-order valence-electron chi connectivity index (χ1n) is 10.7. The Kier molecular flexibility index (Phi) is 7.17. The van der Waals surface area contributed by atoms with Crippen molar-refractivity contribution < 1.29 is 28.6 Å². The first-order valence-corrected chi connectivity index (χ1v) is 10.7. The van der Waals surface area contributed by atoms with Crippen molar-refractivity contribution in [3.63, 3.8) is 0 Å². The van der Waals surface area contributed by atoms with E-state index in [9.17, 15) is 24.3 Å². The average Bonchev–Trinajstić information content (AvgIpc) is 2.76. The highest BCUT2D eigenvalue weighted by molar-refractivity contribution is 5.88. The number of hydrogen-bond acceptors (Lipinski definition) is 7. The SMILES string of the molecule is Cc1c(OCC(=O)NCC(=O)N[C@H](C(=O)[O-])C(C)C)ccc2c3c(c(=O)oc12)CCCC3. The largest absolute Gasteiger partial charge is 0.548 e. The van der Waals surface area contributed by atoms with Gasteiger partial charge in [-0.25, -0.2) is 4.79 Å². The summed E-state index contributed by atoms with van der Waals surface area (Å²) < 4.78 is 11.1. The first kappa shape index (κ1) is 23.3. The number of nitrogens with one attached hydrogen (secondary N) is 2. The van der Waals surface area contributed by atoms with E-state index in [1.165, 1.54) is 0 Å². The molecule has 2 N–H and O–H groups in total. The highest BCUT2D eigenvalue weighted by atomic mass is 16.5. The molecule has 1 heterocycles. The molecule has 0 fully saturated rings. The minimum atomic E-state index is -1.39. The Labute approximate surface area is 185 Å². The molecule has 0 saturated heterocycles. The van der Waals surface area contributed by atoms with Crippen LogP contribution in [0, 0.1) is 12.8 Å². The maximum atomic E-state index is 12.4. The van der Waals surface area contributed by atoms with E-state index in [2.05, 4.69) is 10.6 Å². The standard InChI is InChI=1S/C23H28N2O7/c1-12(2)20(22(28)29)25-18(26)10-24-19(27)11-31-17-9-8-15-14-6-4-5-7-16(14)23(30)32-21(15)13(17)3/h8-9,12,20H,4-7,10-11H2,1-3H3,(H,24,27)(H,25,26)(H,28,29)/p-1/t20-/m0/s1. The van der Waals surface area contributed by atoms with Crippen LogP contribution in [0.2, 0.25) is 0 Å². The summed E-state index contributed by atoms with van der Waals surface area (Å²) in [5, 5.41) is 16.6. The van der Waals surface area contributed by atoms with Crippen LogP contribution >= 0.6 is 0 Å². The van der Waals surface area contributed by atoms with Gasteiger partial charge in [-0.3, -0.25) is 9.59 Å². The molecule has 1 aliphatic carbocycles. The van der Waals surface area contributed by atoms with E-state index in [0.717, 1.165) is 42.2 Å². The molecule has 9 nitrogen and oxygen atoms in total. The molecule has 2 amide bonds. The molecule has 32 heavy (non-hydrogen) atoms. The zero-order valence-electron chi connectivity index (χ0n) is 18.4. The van der Waals surface area contributed by atoms with Crippen LogP contribution in [0.25, 0.3) is 11.0 Å². The van der Waals surface area contributed by atoms with Crippen molar-refractivity contribution in [3.8, 4) is 5.75 Å². The van der Waals surface area contributed by atoms with Gasteiger partial charge in [-0.15, -0.1) is 0 Å². The molecule has 3 rings (SSSR count). The van der Waals surface area contributed by atoms with Gasteiger partial charge in [0.05, 0.1) is 18.6 Å². The fourth-order valence-electron chi connectivity index (χ4n) is 3.88. The van der Waals surface area contributed by atoms with Gasteiger partial charge >= 0.3 is 5.63 Å². The molecule has 0 bridgehead atoms. The number of carboxylic acids is 1. The third-order valence-electron chi connectivity index (χ3n) is 5.63. The van der Waals surface area contributed by atoms with E-state index in [0.29, 0.717) is 16.9 Å². The summed E-state index contributed by atoms with van der Waals surface area (Å²) in [5.41, 5.74) is 2.51. The normalized spacial score (nSPS) is 14.0. The van der Waals surface area contributed by atoms with Crippen molar-refractivity contribution in [3.05, 3.63) is 39.2 Å². The number of carbonyl (C=O) groups is 3. The minimum absolute atomic E-state index is 0.326. The summed E-state index contributed by atoms with van der Waals surface area (Å²) in [5.74, 6) is -2.55. The van der Waals surface area contributed by atoms with Crippen LogP contribution in [-0.4, -0.2) is 37.0 Å². The Bertz CT molecular complexity index is 1100. The quantitative estimate of drug-likeness (QED) is 0.562. The molecule has 0 saturated carbocycles. The number of fused-ring (bicyclic) bond motifs is 3. The Balaban J connectivity index is 1.62. The van der Waals surface area contributed by atoms with Crippen molar-refractivity contribution in [2.45, 2.75) is 52.5 Å². The molecular formula is C23H27N2O7-. The van der Waals surface area contributed by atoms with E-state index >= 15 is 0 Å². The smallest absolute Gasteiger partial charge is 0.339 e. The van der Waals surface area contributed by atoms with E-state index in [-0.39, 0.29) is 18.2 Å². The Morgan fingerprint density at radius 2 is 1.81 bits per heavy atom. The number of benzene rings is 1. The zero-order chi connectivity index (χ0) is 23.4. The van der Waals surface area contributed by atoms with E-state index in [1.54, 1.807) is 26.8 Å². The molecular weight excluding hydrogens is 416 g/mol. The number of aliphatic carboxylic acids is 1. The number of aryl methyl sites for hydroxylation is 2. The van der Waals surface area contributed by atoms with Gasteiger partial charge in [-0.2, -0.15) is 0 Å². The molecule has 1 atom stereocenters. The Hall–Kier alpha value is -3.36. The van der Waals surface area contributed by atoms with E-state index < -0.39 is 30.4 Å². The van der Waals surface area contributed by atoms with E-state index in [4.69, 9.17) is 9.15 Å². The van der Waals surface area contributed by atoms with E-state index in [1.807, 2.05) is 6.07 Å². The molecule has 1 aromatic heterocycles. The lowest BCUT2D eigenvalue weighted by Gasteiger charge is -2.23. The summed E-state index contributed by atoms with van der Waals surface area (Å²) in [4.78, 5) is 47.4. The minimum Gasteiger partial charge on any atom is -0.548 e. The topological polar surface area (TPSA) is 138 Å². The molecule has 0 radical (unpaired) electrons. The van der Waals surface area contributed by atoms with Gasteiger partial charge in [0.1, 0.15) is 11.3 Å². The highest BCUT2D eigenvalue weighted by Crippen LogP contribution is 2.32. The molecule has 0 aliphatic heterocycles. The number of hydrogen-bond donors (Lipinski definition) is 2. The van der Waals surface area contributed by atoms with Crippen molar-refractivity contribution in [1.82, 2.24) is 10.6 Å². The lowest BCUT2D eigenvalue weighted by Crippen LogP contribution is -2.53. The molecule has 172 valence electrons. The number of rotatable bonds is 8. The van der Waals surface area contributed by atoms with Crippen molar-refractivity contribution in [1.29, 1.82) is 0 Å². The monoisotopic (exact) mass is 443 g/mol. The van der Waals surface area contributed by atoms with Crippen LogP contribution in [0.15, 0.2) is 21.3 Å². The molecule has 0 unspecified atom stereocenters. The lowest BCUT2D eigenvalue weighted by atomic mass is 9.90. The highest BCUT2D eigenvalue weighted by Gasteiger charge is 2.21. The van der Waals surface area contributed by atoms with Gasteiger partial charge in [0.15, 0.2) is 6.61 Å². The predicted octanol–water partition coefficient (Wildman–Crippen LogP) is 0.366. The van der Waals surface area contributed by atoms with Crippen LogP contribution in [0.1, 0.15) is 43.4 Å². The summed E-state index contributed by atoms with van der Waals surface area (Å²) >= 11 is 0. The van der Waals surface area contributed by atoms with Gasteiger partial charge in [-0.05, 0) is 56.2 Å². The maximum Gasteiger partial charge on any atom is 0.339 e. The third kappa shape index (κ3) is 5.09. The molecule has 2 aromatic rings. The summed E-state index contributed by atoms with van der Waals surface area (Å²) in [6.45, 7) is 4.28. The van der Waals surface area contributed by atoms with Gasteiger partial charge < -0.3 is 29.7 Å². The van der Waals surface area contributed by atoms with Crippen LogP contribution in [0.5, 0.6) is 5.75 Å². The zero-order valence-corrected chi connectivity index (χ0v) is 18.4.